The Labute approximate surface area is 54.9 Å². The second-order valence-electron chi connectivity index (χ2n) is 3.09. The van der Waals surface area contributed by atoms with E-state index < -0.39 is 5.97 Å². The minimum absolute atomic E-state index is 0.0231. The van der Waals surface area contributed by atoms with Crippen molar-refractivity contribution in [1.82, 2.24) is 0 Å². The zero-order valence-corrected chi connectivity index (χ0v) is 5.79. The maximum Gasteiger partial charge on any atom is 0.306 e. The van der Waals surface area contributed by atoms with Crippen LogP contribution in [0.25, 0.3) is 0 Å². The van der Waals surface area contributed by atoms with Crippen LogP contribution in [0.15, 0.2) is 0 Å². The summed E-state index contributed by atoms with van der Waals surface area (Å²) >= 11 is 0. The molecule has 0 bridgehead atoms. The van der Waals surface area contributed by atoms with E-state index in [0.717, 1.165) is 6.42 Å². The van der Waals surface area contributed by atoms with Crippen LogP contribution in [-0.2, 0) is 4.79 Å². The molecule has 1 aliphatic carbocycles. The van der Waals surface area contributed by atoms with Crippen LogP contribution in [0, 0.1) is 17.8 Å². The van der Waals surface area contributed by atoms with Crippen LogP contribution in [0.3, 0.4) is 0 Å². The van der Waals surface area contributed by atoms with Crippen molar-refractivity contribution in [2.45, 2.75) is 20.3 Å². The summed E-state index contributed by atoms with van der Waals surface area (Å²) in [6, 6.07) is 0. The van der Waals surface area contributed by atoms with Crippen LogP contribution >= 0.6 is 0 Å². The summed E-state index contributed by atoms with van der Waals surface area (Å²) < 4.78 is 0. The molecule has 0 aromatic carbocycles. The van der Waals surface area contributed by atoms with E-state index >= 15 is 0 Å². The first kappa shape index (κ1) is 6.59. The monoisotopic (exact) mass is 128 g/mol. The lowest BCUT2D eigenvalue weighted by atomic mass is 10.1. The summed E-state index contributed by atoms with van der Waals surface area (Å²) in [7, 11) is 0. The Morgan fingerprint density at radius 1 is 1.67 bits per heavy atom. The molecule has 0 saturated heterocycles. The fraction of sp³-hybridized carbons (Fsp3) is 0.857. The van der Waals surface area contributed by atoms with Gasteiger partial charge in [0.1, 0.15) is 0 Å². The summed E-state index contributed by atoms with van der Waals surface area (Å²) in [4.78, 5) is 10.3. The van der Waals surface area contributed by atoms with E-state index in [2.05, 4.69) is 13.8 Å². The van der Waals surface area contributed by atoms with Gasteiger partial charge in [-0.2, -0.15) is 0 Å². The van der Waals surface area contributed by atoms with Gasteiger partial charge in [-0.05, 0) is 18.3 Å². The van der Waals surface area contributed by atoms with Gasteiger partial charge in [-0.15, -0.1) is 0 Å². The molecule has 52 valence electrons. The molecule has 0 radical (unpaired) electrons. The fourth-order valence-electron chi connectivity index (χ4n) is 1.24. The van der Waals surface area contributed by atoms with E-state index in [1.54, 1.807) is 0 Å². The van der Waals surface area contributed by atoms with E-state index in [-0.39, 0.29) is 5.92 Å². The zero-order valence-electron chi connectivity index (χ0n) is 5.79. The second-order valence-corrected chi connectivity index (χ2v) is 3.09. The van der Waals surface area contributed by atoms with Gasteiger partial charge in [-0.25, -0.2) is 0 Å². The van der Waals surface area contributed by atoms with E-state index in [4.69, 9.17) is 5.11 Å². The van der Waals surface area contributed by atoms with Gasteiger partial charge >= 0.3 is 5.97 Å². The van der Waals surface area contributed by atoms with Crippen LogP contribution < -0.4 is 0 Å². The maximum atomic E-state index is 10.3. The molecular weight excluding hydrogens is 116 g/mol. The summed E-state index contributed by atoms with van der Waals surface area (Å²) in [6.07, 6.45) is 0.896. The molecule has 1 N–H and O–H groups in total. The highest BCUT2D eigenvalue weighted by molar-refractivity contribution is 5.73. The third kappa shape index (κ3) is 1.23. The van der Waals surface area contributed by atoms with Gasteiger partial charge in [-0.1, -0.05) is 13.8 Å². The zero-order chi connectivity index (χ0) is 7.02. The average Bonchev–Trinajstić information content (AvgIpc) is 2.39. The molecule has 0 aliphatic heterocycles. The SMILES string of the molecule is CC(C)[C@H]1C[C@H]1C(=O)O. The first-order valence-corrected chi connectivity index (χ1v) is 3.35. The minimum Gasteiger partial charge on any atom is -0.481 e. The second kappa shape index (κ2) is 2.01. The van der Waals surface area contributed by atoms with Gasteiger partial charge in [0.15, 0.2) is 0 Å². The normalized spacial score (nSPS) is 32.8. The molecule has 0 heterocycles. The van der Waals surface area contributed by atoms with Crippen LogP contribution in [-0.4, -0.2) is 11.1 Å². The molecule has 1 rings (SSSR count). The molecule has 1 fully saturated rings. The summed E-state index contributed by atoms with van der Waals surface area (Å²) in [5.74, 6) is 0.368. The average molecular weight is 128 g/mol. The van der Waals surface area contributed by atoms with Crippen LogP contribution in [0.1, 0.15) is 20.3 Å². The Hall–Kier alpha value is -0.530. The van der Waals surface area contributed by atoms with E-state index in [9.17, 15) is 4.79 Å². The number of hydrogen-bond donors (Lipinski definition) is 1. The lowest BCUT2D eigenvalue weighted by Crippen LogP contribution is -2.02. The number of carboxylic acids is 1. The van der Waals surface area contributed by atoms with Gasteiger partial charge < -0.3 is 5.11 Å². The number of carboxylic acid groups (broad SMARTS) is 1. The van der Waals surface area contributed by atoms with Crippen molar-refractivity contribution in [3.63, 3.8) is 0 Å². The number of carbonyl (C=O) groups is 1. The maximum absolute atomic E-state index is 10.3. The Morgan fingerprint density at radius 3 is 2.33 bits per heavy atom. The lowest BCUT2D eigenvalue weighted by molar-refractivity contribution is -0.139. The Bertz CT molecular complexity index is 129. The predicted octanol–water partition coefficient (Wildman–Crippen LogP) is 1.36. The predicted molar refractivity (Wildman–Crippen MR) is 34.1 cm³/mol. The Kier molecular flexibility index (Phi) is 1.47. The fourth-order valence-corrected chi connectivity index (χ4v) is 1.24. The molecule has 2 heteroatoms. The molecule has 0 amide bonds. The highest BCUT2D eigenvalue weighted by Gasteiger charge is 2.44. The number of aliphatic carboxylic acids is 1. The molecule has 2 atom stereocenters. The third-order valence-electron chi connectivity index (χ3n) is 2.01. The van der Waals surface area contributed by atoms with E-state index in [1.807, 2.05) is 0 Å². The van der Waals surface area contributed by atoms with Gasteiger partial charge in [0.2, 0.25) is 0 Å². The largest absolute Gasteiger partial charge is 0.481 e. The van der Waals surface area contributed by atoms with Crippen molar-refractivity contribution in [3.05, 3.63) is 0 Å². The number of rotatable bonds is 2. The van der Waals surface area contributed by atoms with E-state index in [1.165, 1.54) is 0 Å². The third-order valence-corrected chi connectivity index (χ3v) is 2.01. The van der Waals surface area contributed by atoms with Crippen LogP contribution in [0.2, 0.25) is 0 Å². The molecule has 9 heavy (non-hydrogen) atoms. The first-order chi connectivity index (χ1) is 4.13. The lowest BCUT2D eigenvalue weighted by Gasteiger charge is -1.97. The van der Waals surface area contributed by atoms with E-state index in [0.29, 0.717) is 11.8 Å². The standard InChI is InChI=1S/C7H12O2/c1-4(2)5-3-6(5)7(8)9/h4-6H,3H2,1-2H3,(H,8,9)/t5-,6-/m1/s1. The van der Waals surface area contributed by atoms with Crippen molar-refractivity contribution >= 4 is 5.97 Å². The van der Waals surface area contributed by atoms with Crippen molar-refractivity contribution in [1.29, 1.82) is 0 Å². The summed E-state index contributed by atoms with van der Waals surface area (Å²) in [5, 5.41) is 8.47. The molecule has 0 spiro atoms. The van der Waals surface area contributed by atoms with Crippen LogP contribution in [0.4, 0.5) is 0 Å². The highest BCUT2D eigenvalue weighted by atomic mass is 16.4. The Balaban J connectivity index is 2.33. The van der Waals surface area contributed by atoms with Gasteiger partial charge in [0, 0.05) is 0 Å². The van der Waals surface area contributed by atoms with Crippen molar-refractivity contribution in [3.8, 4) is 0 Å². The van der Waals surface area contributed by atoms with Gasteiger partial charge in [0.25, 0.3) is 0 Å². The molecule has 0 unspecified atom stereocenters. The first-order valence-electron chi connectivity index (χ1n) is 3.35. The summed E-state index contributed by atoms with van der Waals surface area (Å²) in [6.45, 7) is 4.15. The molecule has 1 aliphatic rings. The molecule has 0 aromatic heterocycles. The highest BCUT2D eigenvalue weighted by Crippen LogP contribution is 2.43. The molecule has 1 saturated carbocycles. The van der Waals surface area contributed by atoms with Crippen molar-refractivity contribution in [2.24, 2.45) is 17.8 Å². The Morgan fingerprint density at radius 2 is 2.22 bits per heavy atom. The molecular formula is C7H12O2. The molecule has 2 nitrogen and oxygen atoms in total. The molecule has 0 aromatic rings. The van der Waals surface area contributed by atoms with Gasteiger partial charge in [0.05, 0.1) is 5.92 Å². The smallest absolute Gasteiger partial charge is 0.306 e. The van der Waals surface area contributed by atoms with Gasteiger partial charge in [-0.3, -0.25) is 4.79 Å². The number of hydrogen-bond acceptors (Lipinski definition) is 1. The van der Waals surface area contributed by atoms with Crippen LogP contribution in [0.5, 0.6) is 0 Å². The van der Waals surface area contributed by atoms with Crippen molar-refractivity contribution < 1.29 is 9.90 Å². The quantitative estimate of drug-likeness (QED) is 0.609. The topological polar surface area (TPSA) is 37.3 Å². The van der Waals surface area contributed by atoms with Crippen molar-refractivity contribution in [2.75, 3.05) is 0 Å². The summed E-state index contributed by atoms with van der Waals surface area (Å²) in [5.41, 5.74) is 0. The minimum atomic E-state index is -0.617.